The highest BCUT2D eigenvalue weighted by atomic mass is 16.5. The Morgan fingerprint density at radius 3 is 2.58 bits per heavy atom. The van der Waals surface area contributed by atoms with E-state index >= 15 is 0 Å². The van der Waals surface area contributed by atoms with Crippen LogP contribution >= 0.6 is 0 Å². The molecule has 1 unspecified atom stereocenters. The Morgan fingerprint density at radius 1 is 1.26 bits per heavy atom. The number of benzene rings is 1. The normalized spacial score (nSPS) is 31.1. The predicted molar refractivity (Wildman–Crippen MR) is 73.8 cm³/mol. The van der Waals surface area contributed by atoms with E-state index in [-0.39, 0.29) is 5.92 Å². The van der Waals surface area contributed by atoms with Gasteiger partial charge in [-0.3, -0.25) is 4.79 Å². The minimum absolute atomic E-state index is 0.253. The molecule has 3 aliphatic heterocycles. The molecule has 0 aromatic heterocycles. The zero-order valence-electron chi connectivity index (χ0n) is 11.1. The molecule has 2 atom stereocenters. The van der Waals surface area contributed by atoms with Crippen molar-refractivity contribution in [2.24, 2.45) is 5.92 Å². The van der Waals surface area contributed by atoms with Crippen LogP contribution in [0.1, 0.15) is 24.3 Å². The van der Waals surface area contributed by atoms with E-state index < -0.39 is 0 Å². The van der Waals surface area contributed by atoms with Gasteiger partial charge in [0.2, 0.25) is 6.29 Å². The van der Waals surface area contributed by atoms with E-state index in [1.165, 1.54) is 25.9 Å². The first kappa shape index (κ1) is 12.8. The summed E-state index contributed by atoms with van der Waals surface area (Å²) in [7, 11) is 0. The van der Waals surface area contributed by atoms with Crippen molar-refractivity contribution in [3.8, 4) is 0 Å². The fourth-order valence-corrected chi connectivity index (χ4v) is 3.20. The molecule has 1 aromatic rings. The molecule has 3 aliphatic rings. The molecule has 1 aromatic carbocycles. The number of hydrogen-bond donors (Lipinski definition) is 0. The summed E-state index contributed by atoms with van der Waals surface area (Å²) in [6.45, 7) is 3.92. The average Bonchev–Trinajstić information content (AvgIpc) is 2.50. The Bertz CT molecular complexity index is 412. The van der Waals surface area contributed by atoms with Gasteiger partial charge in [-0.05, 0) is 37.4 Å². The maximum atomic E-state index is 11.1. The van der Waals surface area contributed by atoms with Gasteiger partial charge in [-0.15, -0.1) is 0 Å². The molecule has 3 saturated heterocycles. The maximum Gasteiger partial charge on any atom is 0.208 e. The molecule has 0 N–H and O–H groups in total. The van der Waals surface area contributed by atoms with Gasteiger partial charge < -0.3 is 9.64 Å². The molecular formula is C16H20NO2. The molecule has 3 nitrogen and oxygen atoms in total. The lowest BCUT2D eigenvalue weighted by Gasteiger charge is -2.44. The number of nitrogens with zero attached hydrogens (tertiary/aromatic N) is 1. The molecule has 0 amide bonds. The number of hydrogen-bond acceptors (Lipinski definition) is 3. The van der Waals surface area contributed by atoms with E-state index in [0.29, 0.717) is 18.6 Å². The van der Waals surface area contributed by atoms with Crippen molar-refractivity contribution >= 4 is 6.29 Å². The summed E-state index contributed by atoms with van der Waals surface area (Å²) in [4.78, 5) is 13.6. The molecule has 2 bridgehead atoms. The van der Waals surface area contributed by atoms with E-state index in [1.54, 1.807) is 0 Å². The van der Waals surface area contributed by atoms with Crippen LogP contribution in [0.15, 0.2) is 30.3 Å². The maximum absolute atomic E-state index is 11.1. The van der Waals surface area contributed by atoms with Gasteiger partial charge in [0.05, 0.1) is 18.6 Å². The topological polar surface area (TPSA) is 29.5 Å². The van der Waals surface area contributed by atoms with Crippen molar-refractivity contribution in [2.45, 2.75) is 24.9 Å². The van der Waals surface area contributed by atoms with Crippen LogP contribution in [0, 0.1) is 5.92 Å². The molecule has 101 valence electrons. The van der Waals surface area contributed by atoms with E-state index in [0.717, 1.165) is 12.1 Å². The average molecular weight is 258 g/mol. The second-order valence-corrected chi connectivity index (χ2v) is 5.59. The van der Waals surface area contributed by atoms with Gasteiger partial charge in [0.1, 0.15) is 0 Å². The molecule has 4 rings (SSSR count). The number of rotatable bonds is 5. The Morgan fingerprint density at radius 2 is 2.00 bits per heavy atom. The first-order chi connectivity index (χ1) is 9.36. The Kier molecular flexibility index (Phi) is 3.95. The Labute approximate surface area is 114 Å². The summed E-state index contributed by atoms with van der Waals surface area (Å²) < 4.78 is 6.02. The van der Waals surface area contributed by atoms with Crippen molar-refractivity contribution < 1.29 is 9.53 Å². The monoisotopic (exact) mass is 258 g/mol. The van der Waals surface area contributed by atoms with Crippen LogP contribution in [0.4, 0.5) is 0 Å². The lowest BCUT2D eigenvalue weighted by Crippen LogP contribution is -2.51. The van der Waals surface area contributed by atoms with Gasteiger partial charge in [0.15, 0.2) is 0 Å². The van der Waals surface area contributed by atoms with Crippen LogP contribution in [-0.2, 0) is 9.53 Å². The molecule has 3 fully saturated rings. The molecule has 3 heterocycles. The molecule has 0 spiro atoms. The van der Waals surface area contributed by atoms with Crippen LogP contribution < -0.4 is 0 Å². The minimum atomic E-state index is -0.253. The molecule has 0 saturated carbocycles. The van der Waals surface area contributed by atoms with E-state index in [1.807, 2.05) is 30.3 Å². The lowest BCUT2D eigenvalue weighted by atomic mass is 9.86. The van der Waals surface area contributed by atoms with Crippen molar-refractivity contribution in [1.82, 2.24) is 4.90 Å². The molecule has 0 aliphatic carbocycles. The SMILES string of the molecule is O=[C]C(CO[C@H]1CN2CCC1CC2)c1ccccc1. The quantitative estimate of drug-likeness (QED) is 0.809. The summed E-state index contributed by atoms with van der Waals surface area (Å²) >= 11 is 0. The third-order valence-corrected chi connectivity index (χ3v) is 4.42. The van der Waals surface area contributed by atoms with Crippen molar-refractivity contribution in [3.05, 3.63) is 35.9 Å². The molecular weight excluding hydrogens is 238 g/mol. The number of ether oxygens (including phenoxy) is 1. The zero-order valence-corrected chi connectivity index (χ0v) is 11.1. The summed E-state index contributed by atoms with van der Waals surface area (Å²) in [6, 6.07) is 9.80. The van der Waals surface area contributed by atoms with Gasteiger partial charge in [-0.25, -0.2) is 0 Å². The van der Waals surface area contributed by atoms with Crippen LogP contribution in [0.3, 0.4) is 0 Å². The summed E-state index contributed by atoms with van der Waals surface area (Å²) in [5, 5.41) is 0. The second kappa shape index (κ2) is 5.85. The van der Waals surface area contributed by atoms with Crippen LogP contribution in [0.25, 0.3) is 0 Å². The fourth-order valence-electron chi connectivity index (χ4n) is 3.20. The largest absolute Gasteiger partial charge is 0.375 e. The van der Waals surface area contributed by atoms with Gasteiger partial charge >= 0.3 is 0 Å². The van der Waals surface area contributed by atoms with Gasteiger partial charge in [0.25, 0.3) is 0 Å². The number of piperidine rings is 3. The van der Waals surface area contributed by atoms with E-state index in [4.69, 9.17) is 4.74 Å². The molecule has 3 heteroatoms. The smallest absolute Gasteiger partial charge is 0.208 e. The van der Waals surface area contributed by atoms with Gasteiger partial charge in [-0.2, -0.15) is 0 Å². The van der Waals surface area contributed by atoms with Gasteiger partial charge in [-0.1, -0.05) is 30.3 Å². The lowest BCUT2D eigenvalue weighted by molar-refractivity contribution is -0.0699. The third kappa shape index (κ3) is 2.88. The number of fused-ring (bicyclic) bond motifs is 3. The zero-order chi connectivity index (χ0) is 13.1. The Hall–Kier alpha value is -1.19. The minimum Gasteiger partial charge on any atom is -0.375 e. The highest BCUT2D eigenvalue weighted by molar-refractivity contribution is 5.63. The predicted octanol–water partition coefficient (Wildman–Crippen LogP) is 1.99. The van der Waals surface area contributed by atoms with Crippen molar-refractivity contribution in [1.29, 1.82) is 0 Å². The highest BCUT2D eigenvalue weighted by Gasteiger charge is 2.35. The summed E-state index contributed by atoms with van der Waals surface area (Å²) in [5.74, 6) is 0.435. The Balaban J connectivity index is 1.57. The standard InChI is InChI=1S/C16H20NO2/c18-11-15(13-4-2-1-3-5-13)12-19-16-10-17-8-6-14(16)7-9-17/h1-5,14-16H,6-10,12H2/t15?,16-/m0/s1. The van der Waals surface area contributed by atoms with Crippen LogP contribution in [0.2, 0.25) is 0 Å². The molecule has 19 heavy (non-hydrogen) atoms. The summed E-state index contributed by atoms with van der Waals surface area (Å²) in [5.41, 5.74) is 0.999. The van der Waals surface area contributed by atoms with Crippen LogP contribution in [-0.4, -0.2) is 43.5 Å². The van der Waals surface area contributed by atoms with E-state index in [2.05, 4.69) is 11.2 Å². The molecule has 1 radical (unpaired) electrons. The van der Waals surface area contributed by atoms with Gasteiger partial charge in [0, 0.05) is 6.54 Å². The van der Waals surface area contributed by atoms with Crippen molar-refractivity contribution in [3.63, 3.8) is 0 Å². The fraction of sp³-hybridized carbons (Fsp3) is 0.562. The van der Waals surface area contributed by atoms with Crippen LogP contribution in [0.5, 0.6) is 0 Å². The summed E-state index contributed by atoms with van der Waals surface area (Å²) in [6.07, 6.45) is 4.90. The second-order valence-electron chi connectivity index (χ2n) is 5.59. The highest BCUT2D eigenvalue weighted by Crippen LogP contribution is 2.30. The number of carbonyl (C=O) groups excluding carboxylic acids is 1. The first-order valence-electron chi connectivity index (χ1n) is 7.13. The third-order valence-electron chi connectivity index (χ3n) is 4.42. The van der Waals surface area contributed by atoms with Crippen molar-refractivity contribution in [2.75, 3.05) is 26.2 Å². The van der Waals surface area contributed by atoms with E-state index in [9.17, 15) is 4.79 Å². The first-order valence-corrected chi connectivity index (χ1v) is 7.13.